The van der Waals surface area contributed by atoms with Gasteiger partial charge in [0.05, 0.1) is 22.5 Å². The number of hydrogen-bond acceptors (Lipinski definition) is 3. The Morgan fingerprint density at radius 1 is 0.481 bits per heavy atom. The summed E-state index contributed by atoms with van der Waals surface area (Å²) in [5, 5.41) is 11.2. The maximum absolute atomic E-state index is 11.2. The molecule has 4 aromatic carbocycles. The number of aromatic hydroxyl groups is 1. The molecule has 0 radical (unpaired) electrons. The lowest BCUT2D eigenvalue weighted by Gasteiger charge is -2.35. The van der Waals surface area contributed by atoms with Crippen LogP contribution in [-0.2, 0) is 27.1 Å². The van der Waals surface area contributed by atoms with Gasteiger partial charge >= 0.3 is 0 Å². The highest BCUT2D eigenvalue weighted by atomic mass is 16.3. The van der Waals surface area contributed by atoms with Crippen LogP contribution >= 0.6 is 0 Å². The molecule has 0 spiro atoms. The van der Waals surface area contributed by atoms with E-state index < -0.39 is 5.41 Å². The third kappa shape index (κ3) is 6.26. The van der Waals surface area contributed by atoms with Gasteiger partial charge in [-0.1, -0.05) is 162 Å². The minimum absolute atomic E-state index is 0.0438. The predicted molar refractivity (Wildman–Crippen MR) is 227 cm³/mol. The summed E-state index contributed by atoms with van der Waals surface area (Å²) >= 11 is 0. The van der Waals surface area contributed by atoms with Crippen molar-refractivity contribution in [2.24, 2.45) is 0 Å². The van der Waals surface area contributed by atoms with Gasteiger partial charge in [-0.05, 0) is 102 Å². The van der Waals surface area contributed by atoms with E-state index in [0.29, 0.717) is 0 Å². The quantitative estimate of drug-likeness (QED) is 0.198. The minimum atomic E-state index is -0.682. The van der Waals surface area contributed by atoms with Crippen LogP contribution in [0.3, 0.4) is 0 Å². The molecule has 1 aliphatic carbocycles. The summed E-state index contributed by atoms with van der Waals surface area (Å²) in [6.07, 6.45) is 1.93. The van der Waals surface area contributed by atoms with Crippen LogP contribution in [0.25, 0.3) is 33.6 Å². The van der Waals surface area contributed by atoms with E-state index in [1.54, 1.807) is 6.07 Å². The molecule has 0 amide bonds. The fraction of sp³-hybridized carbons (Fsp3) is 0.333. The summed E-state index contributed by atoms with van der Waals surface area (Å²) in [6.45, 7) is 27.2. The molecular weight excluding hydrogens is 657 g/mol. The monoisotopic (exact) mass is 712 g/mol. The van der Waals surface area contributed by atoms with Crippen LogP contribution < -0.4 is 0 Å². The van der Waals surface area contributed by atoms with E-state index in [9.17, 15) is 5.11 Å². The van der Waals surface area contributed by atoms with E-state index in [-0.39, 0.29) is 27.4 Å². The highest BCUT2D eigenvalue weighted by molar-refractivity contribution is 5.87. The van der Waals surface area contributed by atoms with Crippen molar-refractivity contribution in [3.63, 3.8) is 0 Å². The molecule has 1 aliphatic rings. The molecule has 2 aromatic heterocycles. The first kappa shape index (κ1) is 37.3. The molecule has 2 heterocycles. The Morgan fingerprint density at radius 2 is 1.04 bits per heavy atom. The average molecular weight is 713 g/mol. The van der Waals surface area contributed by atoms with Crippen LogP contribution in [0.15, 0.2) is 115 Å². The molecule has 3 heteroatoms. The molecule has 3 nitrogen and oxygen atoms in total. The van der Waals surface area contributed by atoms with Crippen molar-refractivity contribution in [2.45, 2.75) is 110 Å². The maximum Gasteiger partial charge on any atom is 0.124 e. The number of nitrogens with zero attached hydrogens (tertiary/aromatic N) is 2. The smallest absolute Gasteiger partial charge is 0.124 e. The predicted octanol–water partition coefficient (Wildman–Crippen LogP) is 13.1. The number of benzene rings is 4. The van der Waals surface area contributed by atoms with Crippen LogP contribution in [0.5, 0.6) is 5.75 Å². The van der Waals surface area contributed by atoms with Crippen molar-refractivity contribution in [1.29, 1.82) is 0 Å². The van der Waals surface area contributed by atoms with Gasteiger partial charge in [0.25, 0.3) is 0 Å². The standard InChI is InChI=1S/C51H56N2O/c1-47(2,3)33-23-25-36-37-26-24-34(48(4,5)6)30-40(37)51(39(36)29-33,44-22-15-16-27-52-44)35-19-17-18-32(28-35)45-41(49(7,8)9)31-42(50(10,11)12)46(53-45)38-20-13-14-21-43(38)54/h13-31,54H,1-12H3. The summed E-state index contributed by atoms with van der Waals surface area (Å²) in [5.41, 5.74) is 14.4. The third-order valence-corrected chi connectivity index (χ3v) is 11.3. The second-order valence-corrected chi connectivity index (χ2v) is 19.4. The minimum Gasteiger partial charge on any atom is -0.507 e. The van der Waals surface area contributed by atoms with Gasteiger partial charge in [-0.25, -0.2) is 4.98 Å². The Hall–Kier alpha value is -5.02. The van der Waals surface area contributed by atoms with E-state index >= 15 is 0 Å². The van der Waals surface area contributed by atoms with E-state index in [2.05, 4.69) is 162 Å². The molecule has 6 aromatic rings. The van der Waals surface area contributed by atoms with E-state index in [1.807, 2.05) is 30.5 Å². The van der Waals surface area contributed by atoms with Crippen LogP contribution in [-0.4, -0.2) is 15.1 Å². The second-order valence-electron chi connectivity index (χ2n) is 19.4. The van der Waals surface area contributed by atoms with Crippen LogP contribution in [0.2, 0.25) is 0 Å². The first-order valence-corrected chi connectivity index (χ1v) is 19.4. The summed E-state index contributed by atoms with van der Waals surface area (Å²) in [5.74, 6) is 0.233. The normalized spacial score (nSPS) is 14.1. The first-order valence-electron chi connectivity index (χ1n) is 19.4. The van der Waals surface area contributed by atoms with Gasteiger partial charge in [0, 0.05) is 17.3 Å². The SMILES string of the molecule is CC(C)(C)c1ccc2c(c1)C(c1cccc(-c3nc(-c4ccccc4O)c(C(C)(C)C)cc3C(C)(C)C)c1)(c1ccccn1)c1cc(C(C)(C)C)ccc1-2. The number of phenols is 1. The summed E-state index contributed by atoms with van der Waals surface area (Å²) < 4.78 is 0. The Morgan fingerprint density at radius 3 is 1.56 bits per heavy atom. The lowest BCUT2D eigenvalue weighted by atomic mass is 9.67. The molecule has 54 heavy (non-hydrogen) atoms. The molecule has 1 N–H and O–H groups in total. The number of hydrogen-bond donors (Lipinski definition) is 1. The number of phenolic OH excluding ortho intramolecular Hbond substituents is 1. The zero-order valence-corrected chi connectivity index (χ0v) is 34.3. The molecule has 7 rings (SSSR count). The van der Waals surface area contributed by atoms with E-state index in [1.165, 1.54) is 38.9 Å². The largest absolute Gasteiger partial charge is 0.507 e. The van der Waals surface area contributed by atoms with Crippen molar-refractivity contribution >= 4 is 0 Å². The van der Waals surface area contributed by atoms with Gasteiger partial charge in [-0.3, -0.25) is 4.98 Å². The molecule has 0 atom stereocenters. The van der Waals surface area contributed by atoms with Crippen molar-refractivity contribution < 1.29 is 5.11 Å². The second kappa shape index (κ2) is 12.8. The maximum atomic E-state index is 11.2. The number of aromatic nitrogens is 2. The van der Waals surface area contributed by atoms with Crippen molar-refractivity contribution in [2.75, 3.05) is 0 Å². The third-order valence-electron chi connectivity index (χ3n) is 11.3. The van der Waals surface area contributed by atoms with Crippen LogP contribution in [0.4, 0.5) is 0 Å². The number of fused-ring (bicyclic) bond motifs is 3. The lowest BCUT2D eigenvalue weighted by Crippen LogP contribution is -2.31. The highest BCUT2D eigenvalue weighted by Crippen LogP contribution is 2.57. The van der Waals surface area contributed by atoms with Crippen molar-refractivity contribution in [3.8, 4) is 39.4 Å². The molecular formula is C51H56N2O. The van der Waals surface area contributed by atoms with Gasteiger partial charge in [0.2, 0.25) is 0 Å². The molecule has 0 fully saturated rings. The van der Waals surface area contributed by atoms with Gasteiger partial charge in [0.1, 0.15) is 5.75 Å². The fourth-order valence-corrected chi connectivity index (χ4v) is 8.23. The summed E-state index contributed by atoms with van der Waals surface area (Å²) in [6, 6.07) is 39.5. The average Bonchev–Trinajstić information content (AvgIpc) is 3.40. The number of para-hydroxylation sites is 1. The highest BCUT2D eigenvalue weighted by Gasteiger charge is 2.48. The molecule has 0 saturated heterocycles. The van der Waals surface area contributed by atoms with Crippen LogP contribution in [0.1, 0.15) is 128 Å². The Labute approximate surface area is 323 Å². The Bertz CT molecular complexity index is 2310. The summed E-state index contributed by atoms with van der Waals surface area (Å²) in [4.78, 5) is 10.8. The number of rotatable bonds is 4. The lowest BCUT2D eigenvalue weighted by molar-refractivity contribution is 0.476. The zero-order valence-electron chi connectivity index (χ0n) is 34.3. The topological polar surface area (TPSA) is 46.0 Å². The van der Waals surface area contributed by atoms with Gasteiger partial charge in [-0.15, -0.1) is 0 Å². The van der Waals surface area contributed by atoms with Gasteiger partial charge in [0.15, 0.2) is 0 Å². The van der Waals surface area contributed by atoms with E-state index in [0.717, 1.165) is 39.3 Å². The molecule has 0 saturated carbocycles. The first-order chi connectivity index (χ1) is 25.2. The molecule has 0 unspecified atom stereocenters. The van der Waals surface area contributed by atoms with Crippen molar-refractivity contribution in [3.05, 3.63) is 160 Å². The number of pyridine rings is 2. The van der Waals surface area contributed by atoms with Crippen molar-refractivity contribution in [1.82, 2.24) is 9.97 Å². The van der Waals surface area contributed by atoms with Crippen LogP contribution in [0, 0.1) is 0 Å². The van der Waals surface area contributed by atoms with Gasteiger partial charge in [-0.2, -0.15) is 0 Å². The fourth-order valence-electron chi connectivity index (χ4n) is 8.23. The zero-order chi connectivity index (χ0) is 39.0. The van der Waals surface area contributed by atoms with Gasteiger partial charge < -0.3 is 5.11 Å². The Balaban J connectivity index is 1.60. The van der Waals surface area contributed by atoms with E-state index in [4.69, 9.17) is 9.97 Å². The Kier molecular flexibility index (Phi) is 8.84. The molecule has 276 valence electrons. The molecule has 0 aliphatic heterocycles. The summed E-state index contributed by atoms with van der Waals surface area (Å²) in [7, 11) is 0. The molecule has 0 bridgehead atoms.